The fourth-order valence-corrected chi connectivity index (χ4v) is 1.41. The molecule has 98 valence electrons. The van der Waals surface area contributed by atoms with E-state index in [1.165, 1.54) is 18.4 Å². The molecule has 0 heterocycles. The number of rotatable bonds is 1. The van der Waals surface area contributed by atoms with Crippen molar-refractivity contribution in [2.24, 2.45) is 5.92 Å². The van der Waals surface area contributed by atoms with E-state index >= 15 is 0 Å². The minimum Gasteiger partial charge on any atom is -0.255 e. The molecule has 0 saturated heterocycles. The molecule has 1 rings (SSSR count). The highest BCUT2D eigenvalue weighted by Crippen LogP contribution is 2.29. The van der Waals surface area contributed by atoms with Gasteiger partial charge in [-0.25, -0.2) is 0 Å². The van der Waals surface area contributed by atoms with Gasteiger partial charge in [-0.15, -0.1) is 0 Å². The van der Waals surface area contributed by atoms with E-state index < -0.39 is 22.5 Å². The molecule has 0 saturated carbocycles. The molecule has 0 aromatic heterocycles. The molecule has 0 spiro atoms. The SMILES string of the molecule is CC(C)C.CS(=O)c1cccc(C(F)(F)F)c1. The van der Waals surface area contributed by atoms with Crippen molar-refractivity contribution >= 4 is 10.8 Å². The van der Waals surface area contributed by atoms with E-state index in [4.69, 9.17) is 0 Å². The van der Waals surface area contributed by atoms with Crippen molar-refractivity contribution in [3.8, 4) is 0 Å². The third-order valence-corrected chi connectivity index (χ3v) is 2.41. The Morgan fingerprint density at radius 2 is 1.65 bits per heavy atom. The first-order chi connectivity index (χ1) is 7.64. The third kappa shape index (κ3) is 7.15. The Kier molecular flexibility index (Phi) is 6.45. The molecule has 0 aliphatic carbocycles. The van der Waals surface area contributed by atoms with Gasteiger partial charge in [-0.3, -0.25) is 4.21 Å². The molecule has 0 aliphatic rings. The molecule has 17 heavy (non-hydrogen) atoms. The molecule has 0 fully saturated rings. The smallest absolute Gasteiger partial charge is 0.255 e. The monoisotopic (exact) mass is 266 g/mol. The maximum atomic E-state index is 12.1. The van der Waals surface area contributed by atoms with Crippen molar-refractivity contribution < 1.29 is 17.4 Å². The van der Waals surface area contributed by atoms with Crippen LogP contribution in [-0.2, 0) is 17.0 Å². The van der Waals surface area contributed by atoms with Crippen molar-refractivity contribution in [3.05, 3.63) is 29.8 Å². The van der Waals surface area contributed by atoms with E-state index in [0.29, 0.717) is 0 Å². The van der Waals surface area contributed by atoms with Gasteiger partial charge in [-0.2, -0.15) is 13.2 Å². The van der Waals surface area contributed by atoms with Crippen LogP contribution in [-0.4, -0.2) is 10.5 Å². The normalized spacial score (nSPS) is 12.9. The molecule has 1 atom stereocenters. The molecule has 5 heteroatoms. The molecule has 0 bridgehead atoms. The maximum absolute atomic E-state index is 12.1. The molecule has 1 unspecified atom stereocenters. The van der Waals surface area contributed by atoms with Crippen LogP contribution in [0.1, 0.15) is 26.3 Å². The van der Waals surface area contributed by atoms with E-state index in [1.807, 2.05) is 0 Å². The van der Waals surface area contributed by atoms with Crippen LogP contribution in [0.15, 0.2) is 29.2 Å². The summed E-state index contributed by atoms with van der Waals surface area (Å²) in [6.45, 7) is 6.50. The van der Waals surface area contributed by atoms with E-state index in [1.54, 1.807) is 0 Å². The topological polar surface area (TPSA) is 17.1 Å². The van der Waals surface area contributed by atoms with Crippen molar-refractivity contribution in [1.82, 2.24) is 0 Å². The summed E-state index contributed by atoms with van der Waals surface area (Å²) in [6, 6.07) is 4.51. The Morgan fingerprint density at radius 1 is 1.18 bits per heavy atom. The lowest BCUT2D eigenvalue weighted by Crippen LogP contribution is -2.05. The third-order valence-electron chi connectivity index (χ3n) is 1.49. The summed E-state index contributed by atoms with van der Waals surface area (Å²) in [4.78, 5) is 0.190. The Hall–Kier alpha value is -0.840. The average molecular weight is 266 g/mol. The summed E-state index contributed by atoms with van der Waals surface area (Å²) in [5.74, 6) is 0.833. The zero-order valence-electron chi connectivity index (χ0n) is 10.3. The van der Waals surface area contributed by atoms with Crippen LogP contribution in [0, 0.1) is 5.92 Å². The molecule has 0 radical (unpaired) electrons. The highest BCUT2D eigenvalue weighted by Gasteiger charge is 2.30. The predicted octanol–water partition coefficient (Wildman–Crippen LogP) is 4.11. The Labute approximate surface area is 102 Å². The van der Waals surface area contributed by atoms with E-state index in [9.17, 15) is 17.4 Å². The first-order valence-electron chi connectivity index (χ1n) is 5.15. The van der Waals surface area contributed by atoms with Crippen LogP contribution < -0.4 is 0 Å². The van der Waals surface area contributed by atoms with Crippen molar-refractivity contribution in [2.45, 2.75) is 31.8 Å². The van der Waals surface area contributed by atoms with Crippen LogP contribution in [0.4, 0.5) is 13.2 Å². The number of halogens is 3. The molecule has 0 N–H and O–H groups in total. The molecular formula is C12H17F3OS. The van der Waals surface area contributed by atoms with Crippen molar-refractivity contribution in [1.29, 1.82) is 0 Å². The highest BCUT2D eigenvalue weighted by molar-refractivity contribution is 7.84. The van der Waals surface area contributed by atoms with Crippen molar-refractivity contribution in [2.75, 3.05) is 6.26 Å². The number of hydrogen-bond donors (Lipinski definition) is 0. The van der Waals surface area contributed by atoms with Gasteiger partial charge in [0, 0.05) is 22.0 Å². The zero-order chi connectivity index (χ0) is 13.6. The summed E-state index contributed by atoms with van der Waals surface area (Å²) >= 11 is 0. The predicted molar refractivity (Wildman–Crippen MR) is 64.3 cm³/mol. The summed E-state index contributed by atoms with van der Waals surface area (Å²) in [6.07, 6.45) is -3.02. The minimum absolute atomic E-state index is 0.190. The number of benzene rings is 1. The van der Waals surface area contributed by atoms with E-state index in [2.05, 4.69) is 20.8 Å². The quantitative estimate of drug-likeness (QED) is 0.747. The van der Waals surface area contributed by atoms with Gasteiger partial charge < -0.3 is 0 Å². The maximum Gasteiger partial charge on any atom is 0.416 e. The van der Waals surface area contributed by atoms with E-state index in [-0.39, 0.29) is 4.90 Å². The van der Waals surface area contributed by atoms with Gasteiger partial charge in [0.25, 0.3) is 0 Å². The van der Waals surface area contributed by atoms with Crippen LogP contribution in [0.2, 0.25) is 0 Å². The Morgan fingerprint density at radius 3 is 2.00 bits per heavy atom. The van der Waals surface area contributed by atoms with Crippen LogP contribution in [0.5, 0.6) is 0 Å². The van der Waals surface area contributed by atoms with E-state index in [0.717, 1.165) is 18.1 Å². The van der Waals surface area contributed by atoms with Gasteiger partial charge >= 0.3 is 6.18 Å². The van der Waals surface area contributed by atoms with Gasteiger partial charge in [0.2, 0.25) is 0 Å². The molecule has 0 amide bonds. The summed E-state index contributed by atoms with van der Waals surface area (Å²) < 4.78 is 47.3. The van der Waals surface area contributed by atoms with Crippen LogP contribution in [0.3, 0.4) is 0 Å². The van der Waals surface area contributed by atoms with Gasteiger partial charge in [0.1, 0.15) is 0 Å². The fourth-order valence-electron chi connectivity index (χ4n) is 0.851. The van der Waals surface area contributed by atoms with Gasteiger partial charge in [0.05, 0.1) is 5.56 Å². The lowest BCUT2D eigenvalue weighted by Gasteiger charge is -2.06. The average Bonchev–Trinajstić information content (AvgIpc) is 2.15. The van der Waals surface area contributed by atoms with Crippen LogP contribution >= 0.6 is 0 Å². The second kappa shape index (κ2) is 6.79. The second-order valence-electron chi connectivity index (χ2n) is 4.21. The first-order valence-corrected chi connectivity index (χ1v) is 6.71. The molecule has 0 aliphatic heterocycles. The molecule has 1 aromatic carbocycles. The Bertz CT molecular complexity index is 370. The second-order valence-corrected chi connectivity index (χ2v) is 5.59. The van der Waals surface area contributed by atoms with Gasteiger partial charge in [-0.05, 0) is 24.1 Å². The lowest BCUT2D eigenvalue weighted by atomic mass is 10.2. The summed E-state index contributed by atoms with van der Waals surface area (Å²) in [5.41, 5.74) is -0.764. The standard InChI is InChI=1S/C8H7F3OS.C4H10/c1-13(12)7-4-2-3-6(5-7)8(9,10)11;1-4(2)3/h2-5H,1H3;4H,1-3H3. The minimum atomic E-state index is -4.37. The highest BCUT2D eigenvalue weighted by atomic mass is 32.2. The molecular weight excluding hydrogens is 249 g/mol. The number of hydrogen-bond acceptors (Lipinski definition) is 1. The summed E-state index contributed by atoms with van der Waals surface area (Å²) in [5, 5.41) is 0. The Balaban J connectivity index is 0.000000557. The lowest BCUT2D eigenvalue weighted by molar-refractivity contribution is -0.137. The van der Waals surface area contributed by atoms with Crippen molar-refractivity contribution in [3.63, 3.8) is 0 Å². The molecule has 1 nitrogen and oxygen atoms in total. The number of alkyl halides is 3. The van der Waals surface area contributed by atoms with Gasteiger partial charge in [-0.1, -0.05) is 26.8 Å². The summed E-state index contributed by atoms with van der Waals surface area (Å²) in [7, 11) is -1.37. The molecule has 1 aromatic rings. The first kappa shape index (κ1) is 16.2. The zero-order valence-corrected chi connectivity index (χ0v) is 11.2. The van der Waals surface area contributed by atoms with Crippen LogP contribution in [0.25, 0.3) is 0 Å². The fraction of sp³-hybridized carbons (Fsp3) is 0.500. The largest absolute Gasteiger partial charge is 0.416 e. The van der Waals surface area contributed by atoms with Gasteiger partial charge in [0.15, 0.2) is 0 Å².